The Hall–Kier alpha value is -1.32. The summed E-state index contributed by atoms with van der Waals surface area (Å²) in [6, 6.07) is 13.3. The number of hydrogen-bond acceptors (Lipinski definition) is 3. The standard InChI is InChI=1S/C17H22N2S/c1-13(2)20-17-8-6-16(7-9-17)14(3)19-12-15-5-4-10-18-11-15/h4-11,13-14,19H,12H2,1-3H3/t14-/m0/s1. The van der Waals surface area contributed by atoms with Crippen LogP contribution in [0, 0.1) is 0 Å². The average Bonchev–Trinajstić information content (AvgIpc) is 2.46. The topological polar surface area (TPSA) is 24.9 Å². The number of hydrogen-bond donors (Lipinski definition) is 1. The van der Waals surface area contributed by atoms with Crippen LogP contribution in [-0.2, 0) is 6.54 Å². The van der Waals surface area contributed by atoms with Crippen LogP contribution in [0.5, 0.6) is 0 Å². The minimum atomic E-state index is 0.341. The molecular weight excluding hydrogens is 264 g/mol. The lowest BCUT2D eigenvalue weighted by Gasteiger charge is -2.15. The minimum Gasteiger partial charge on any atom is -0.306 e. The van der Waals surface area contributed by atoms with Gasteiger partial charge in [0.05, 0.1) is 0 Å². The highest BCUT2D eigenvalue weighted by molar-refractivity contribution is 7.99. The Morgan fingerprint density at radius 3 is 2.45 bits per heavy atom. The molecule has 0 fully saturated rings. The van der Waals surface area contributed by atoms with Crippen LogP contribution >= 0.6 is 11.8 Å². The zero-order chi connectivity index (χ0) is 14.4. The highest BCUT2D eigenvalue weighted by atomic mass is 32.2. The van der Waals surface area contributed by atoms with Crippen LogP contribution in [0.2, 0.25) is 0 Å². The van der Waals surface area contributed by atoms with E-state index < -0.39 is 0 Å². The van der Waals surface area contributed by atoms with Crippen molar-refractivity contribution in [2.75, 3.05) is 0 Å². The summed E-state index contributed by atoms with van der Waals surface area (Å²) >= 11 is 1.90. The number of pyridine rings is 1. The monoisotopic (exact) mass is 286 g/mol. The van der Waals surface area contributed by atoms with E-state index in [1.807, 2.05) is 24.0 Å². The van der Waals surface area contributed by atoms with Crippen LogP contribution in [0.25, 0.3) is 0 Å². The maximum Gasteiger partial charge on any atom is 0.0312 e. The van der Waals surface area contributed by atoms with Crippen LogP contribution < -0.4 is 5.32 Å². The molecule has 1 N–H and O–H groups in total. The maximum atomic E-state index is 4.13. The van der Waals surface area contributed by atoms with Crippen molar-refractivity contribution in [1.82, 2.24) is 10.3 Å². The van der Waals surface area contributed by atoms with Gasteiger partial charge in [0.1, 0.15) is 0 Å². The zero-order valence-corrected chi connectivity index (χ0v) is 13.2. The van der Waals surface area contributed by atoms with E-state index in [1.54, 1.807) is 6.20 Å². The van der Waals surface area contributed by atoms with Gasteiger partial charge in [-0.05, 0) is 36.2 Å². The van der Waals surface area contributed by atoms with E-state index in [2.05, 4.69) is 61.4 Å². The number of nitrogens with zero attached hydrogens (tertiary/aromatic N) is 1. The van der Waals surface area contributed by atoms with E-state index >= 15 is 0 Å². The molecule has 0 saturated carbocycles. The Bertz CT molecular complexity index is 508. The molecule has 1 aromatic heterocycles. The van der Waals surface area contributed by atoms with E-state index in [1.165, 1.54) is 16.0 Å². The normalized spacial score (nSPS) is 12.6. The molecule has 3 heteroatoms. The van der Waals surface area contributed by atoms with Crippen molar-refractivity contribution in [3.05, 3.63) is 59.9 Å². The molecule has 0 aliphatic rings. The summed E-state index contributed by atoms with van der Waals surface area (Å²) in [4.78, 5) is 5.47. The summed E-state index contributed by atoms with van der Waals surface area (Å²) in [6.45, 7) is 7.48. The van der Waals surface area contributed by atoms with Gasteiger partial charge in [-0.3, -0.25) is 4.98 Å². The largest absolute Gasteiger partial charge is 0.306 e. The van der Waals surface area contributed by atoms with Gasteiger partial charge in [0.25, 0.3) is 0 Å². The van der Waals surface area contributed by atoms with Gasteiger partial charge in [-0.1, -0.05) is 32.0 Å². The molecule has 0 unspecified atom stereocenters. The predicted octanol–water partition coefficient (Wildman–Crippen LogP) is 4.43. The summed E-state index contributed by atoms with van der Waals surface area (Å²) in [5.41, 5.74) is 2.54. The molecule has 2 nitrogen and oxygen atoms in total. The van der Waals surface area contributed by atoms with Crippen molar-refractivity contribution in [2.45, 2.75) is 43.5 Å². The number of benzene rings is 1. The fourth-order valence-electron chi connectivity index (χ4n) is 2.00. The highest BCUT2D eigenvalue weighted by Gasteiger charge is 2.05. The Labute approximate surface area is 126 Å². The van der Waals surface area contributed by atoms with E-state index in [9.17, 15) is 0 Å². The third-order valence-electron chi connectivity index (χ3n) is 3.09. The van der Waals surface area contributed by atoms with Gasteiger partial charge in [-0.2, -0.15) is 0 Å². The zero-order valence-electron chi connectivity index (χ0n) is 12.3. The van der Waals surface area contributed by atoms with Gasteiger partial charge in [0.2, 0.25) is 0 Å². The number of rotatable bonds is 6. The second kappa shape index (κ2) is 7.46. The lowest BCUT2D eigenvalue weighted by Crippen LogP contribution is -2.18. The fraction of sp³-hybridized carbons (Fsp3) is 0.353. The van der Waals surface area contributed by atoms with E-state index in [0.717, 1.165) is 6.54 Å². The van der Waals surface area contributed by atoms with Crippen LogP contribution in [0.3, 0.4) is 0 Å². The van der Waals surface area contributed by atoms with E-state index in [-0.39, 0.29) is 0 Å². The van der Waals surface area contributed by atoms with E-state index in [0.29, 0.717) is 11.3 Å². The molecule has 1 aromatic carbocycles. The molecule has 0 amide bonds. The first-order chi connectivity index (χ1) is 9.65. The Morgan fingerprint density at radius 1 is 1.10 bits per heavy atom. The smallest absolute Gasteiger partial charge is 0.0312 e. The summed E-state index contributed by atoms with van der Waals surface area (Å²) in [6.07, 6.45) is 3.71. The Kier molecular flexibility index (Phi) is 5.62. The molecule has 2 aromatic rings. The first-order valence-corrected chi connectivity index (χ1v) is 7.92. The molecule has 1 atom stereocenters. The highest BCUT2D eigenvalue weighted by Crippen LogP contribution is 2.24. The first-order valence-electron chi connectivity index (χ1n) is 7.04. The van der Waals surface area contributed by atoms with Crippen molar-refractivity contribution >= 4 is 11.8 Å². The van der Waals surface area contributed by atoms with Gasteiger partial charge in [-0.25, -0.2) is 0 Å². The molecule has 20 heavy (non-hydrogen) atoms. The quantitative estimate of drug-likeness (QED) is 0.795. The third-order valence-corrected chi connectivity index (χ3v) is 4.10. The molecular formula is C17H22N2S. The van der Waals surface area contributed by atoms with Crippen molar-refractivity contribution in [3.8, 4) is 0 Å². The molecule has 0 radical (unpaired) electrons. The number of thioether (sulfide) groups is 1. The summed E-state index contributed by atoms with van der Waals surface area (Å²) < 4.78 is 0. The fourth-order valence-corrected chi connectivity index (χ4v) is 2.84. The molecule has 0 aliphatic heterocycles. The second-order valence-corrected chi connectivity index (χ2v) is 6.85. The SMILES string of the molecule is CC(C)Sc1ccc([C@H](C)NCc2cccnc2)cc1. The van der Waals surface area contributed by atoms with Crippen molar-refractivity contribution in [1.29, 1.82) is 0 Å². The molecule has 0 saturated heterocycles. The van der Waals surface area contributed by atoms with Gasteiger partial charge >= 0.3 is 0 Å². The summed E-state index contributed by atoms with van der Waals surface area (Å²) in [5.74, 6) is 0. The third kappa shape index (κ3) is 4.66. The average molecular weight is 286 g/mol. The van der Waals surface area contributed by atoms with Gasteiger partial charge in [-0.15, -0.1) is 11.8 Å². The van der Waals surface area contributed by atoms with Gasteiger partial charge in [0, 0.05) is 35.1 Å². The van der Waals surface area contributed by atoms with Crippen LogP contribution in [0.1, 0.15) is 37.9 Å². The molecule has 1 heterocycles. The molecule has 2 rings (SSSR count). The van der Waals surface area contributed by atoms with Crippen LogP contribution in [0.15, 0.2) is 53.7 Å². The van der Waals surface area contributed by atoms with Crippen molar-refractivity contribution in [3.63, 3.8) is 0 Å². The summed E-state index contributed by atoms with van der Waals surface area (Å²) in [7, 11) is 0. The predicted molar refractivity (Wildman–Crippen MR) is 86.9 cm³/mol. The van der Waals surface area contributed by atoms with Gasteiger partial charge in [0.15, 0.2) is 0 Å². The molecule has 0 aliphatic carbocycles. The Morgan fingerprint density at radius 2 is 1.85 bits per heavy atom. The van der Waals surface area contributed by atoms with Crippen molar-refractivity contribution < 1.29 is 0 Å². The maximum absolute atomic E-state index is 4.13. The lowest BCUT2D eigenvalue weighted by molar-refractivity contribution is 0.573. The first kappa shape index (κ1) is 15.1. The minimum absolute atomic E-state index is 0.341. The van der Waals surface area contributed by atoms with Crippen LogP contribution in [-0.4, -0.2) is 10.2 Å². The van der Waals surface area contributed by atoms with Crippen LogP contribution in [0.4, 0.5) is 0 Å². The molecule has 0 bridgehead atoms. The Balaban J connectivity index is 1.90. The summed E-state index contributed by atoms with van der Waals surface area (Å²) in [5, 5.41) is 4.16. The number of nitrogens with one attached hydrogen (secondary N) is 1. The second-order valence-electron chi connectivity index (χ2n) is 5.20. The lowest BCUT2D eigenvalue weighted by atomic mass is 10.1. The molecule has 106 valence electrons. The van der Waals surface area contributed by atoms with Gasteiger partial charge < -0.3 is 5.32 Å². The van der Waals surface area contributed by atoms with Crippen molar-refractivity contribution in [2.24, 2.45) is 0 Å². The molecule has 0 spiro atoms. The van der Waals surface area contributed by atoms with E-state index in [4.69, 9.17) is 0 Å². The number of aromatic nitrogens is 1.